The molecule has 1 heterocycles. The Balaban J connectivity index is 1.95. The van der Waals surface area contributed by atoms with E-state index >= 15 is 0 Å². The number of carbonyl (C=O) groups excluding carboxylic acids is 1. The molecule has 7 nitrogen and oxygen atoms in total. The van der Waals surface area contributed by atoms with Crippen molar-refractivity contribution in [2.45, 2.75) is 30.9 Å². The molecule has 0 radical (unpaired) electrons. The third kappa shape index (κ3) is 2.24. The summed E-state index contributed by atoms with van der Waals surface area (Å²) < 4.78 is 5.13. The lowest BCUT2D eigenvalue weighted by atomic mass is 9.77. The van der Waals surface area contributed by atoms with Gasteiger partial charge in [0.05, 0.1) is 19.2 Å². The summed E-state index contributed by atoms with van der Waals surface area (Å²) in [5.41, 5.74) is -1.11. The van der Waals surface area contributed by atoms with Gasteiger partial charge in [-0.25, -0.2) is 9.59 Å². The Kier molecular flexibility index (Phi) is 3.39. The number of aliphatic carboxylic acids is 1. The van der Waals surface area contributed by atoms with Crippen LogP contribution in [0.25, 0.3) is 0 Å². The number of nitriles is 1. The molecule has 7 heteroatoms. The normalized spacial score (nSPS) is 25.7. The number of urea groups is 1. The van der Waals surface area contributed by atoms with Crippen LogP contribution in [-0.4, -0.2) is 53.3 Å². The first-order valence-corrected chi connectivity index (χ1v) is 5.89. The summed E-state index contributed by atoms with van der Waals surface area (Å²) in [6.07, 6.45) is 1.09. The van der Waals surface area contributed by atoms with Gasteiger partial charge in [-0.05, 0) is 19.3 Å². The molecule has 2 fully saturated rings. The Bertz CT molecular complexity index is 400. The van der Waals surface area contributed by atoms with Crippen LogP contribution < -0.4 is 5.32 Å². The highest BCUT2D eigenvalue weighted by Gasteiger charge is 2.46. The first-order chi connectivity index (χ1) is 8.57. The fraction of sp³-hybridized carbons (Fsp3) is 0.727. The molecule has 2 amide bonds. The van der Waals surface area contributed by atoms with E-state index in [1.54, 1.807) is 0 Å². The van der Waals surface area contributed by atoms with Crippen LogP contribution in [0.2, 0.25) is 0 Å². The van der Waals surface area contributed by atoms with E-state index < -0.39 is 23.6 Å². The number of nitrogens with zero attached hydrogens (tertiary/aromatic N) is 2. The van der Waals surface area contributed by atoms with Crippen LogP contribution in [-0.2, 0) is 9.53 Å². The Labute approximate surface area is 104 Å². The Morgan fingerprint density at radius 1 is 1.50 bits per heavy atom. The average molecular weight is 253 g/mol. The second-order valence-electron chi connectivity index (χ2n) is 4.61. The van der Waals surface area contributed by atoms with Crippen molar-refractivity contribution in [1.82, 2.24) is 10.2 Å². The molecule has 0 spiro atoms. The number of carbonyl (C=O) groups is 2. The van der Waals surface area contributed by atoms with Crippen molar-refractivity contribution >= 4 is 12.0 Å². The predicted octanol–water partition coefficient (Wildman–Crippen LogP) is -0.0723. The van der Waals surface area contributed by atoms with E-state index in [4.69, 9.17) is 15.1 Å². The highest BCUT2D eigenvalue weighted by Crippen LogP contribution is 2.32. The van der Waals surface area contributed by atoms with Crippen LogP contribution in [0.15, 0.2) is 0 Å². The van der Waals surface area contributed by atoms with Crippen molar-refractivity contribution in [3.63, 3.8) is 0 Å². The summed E-state index contributed by atoms with van der Waals surface area (Å²) in [4.78, 5) is 24.5. The van der Waals surface area contributed by atoms with Crippen LogP contribution in [0, 0.1) is 11.3 Å². The van der Waals surface area contributed by atoms with E-state index in [1.807, 2.05) is 6.07 Å². The summed E-state index contributed by atoms with van der Waals surface area (Å²) in [5.74, 6) is -0.993. The second kappa shape index (κ2) is 4.82. The zero-order valence-corrected chi connectivity index (χ0v) is 9.89. The predicted molar refractivity (Wildman–Crippen MR) is 59.7 cm³/mol. The number of nitrogens with one attached hydrogen (secondary N) is 1. The maximum absolute atomic E-state index is 12.0. The first-order valence-electron chi connectivity index (χ1n) is 5.89. The van der Waals surface area contributed by atoms with Gasteiger partial charge in [0.1, 0.15) is 5.54 Å². The van der Waals surface area contributed by atoms with Crippen molar-refractivity contribution in [2.24, 2.45) is 0 Å². The number of hydrogen-bond donors (Lipinski definition) is 2. The molecule has 1 atom stereocenters. The standard InChI is InChI=1S/C11H15N3O4/c12-6-8-7-14(4-5-18-8)10(17)13-11(9(15)16)2-1-3-11/h8H,1-5,7H2,(H,13,17)(H,15,16). The van der Waals surface area contributed by atoms with Gasteiger partial charge < -0.3 is 20.1 Å². The number of rotatable bonds is 2. The molecular weight excluding hydrogens is 238 g/mol. The third-order valence-corrected chi connectivity index (χ3v) is 3.46. The van der Waals surface area contributed by atoms with Crippen LogP contribution in [0.5, 0.6) is 0 Å². The van der Waals surface area contributed by atoms with Gasteiger partial charge in [0.15, 0.2) is 6.10 Å². The summed E-state index contributed by atoms with van der Waals surface area (Å²) in [6.45, 7) is 0.851. The second-order valence-corrected chi connectivity index (χ2v) is 4.61. The molecule has 98 valence electrons. The maximum atomic E-state index is 12.0. The van der Waals surface area contributed by atoms with Crippen LogP contribution in [0.3, 0.4) is 0 Å². The van der Waals surface area contributed by atoms with Crippen molar-refractivity contribution in [3.8, 4) is 6.07 Å². The van der Waals surface area contributed by atoms with Gasteiger partial charge in [-0.3, -0.25) is 0 Å². The quantitative estimate of drug-likeness (QED) is 0.717. The summed E-state index contributed by atoms with van der Waals surface area (Å²) in [7, 11) is 0. The van der Waals surface area contributed by atoms with E-state index in [0.717, 1.165) is 6.42 Å². The molecular formula is C11H15N3O4. The smallest absolute Gasteiger partial charge is 0.329 e. The van der Waals surface area contributed by atoms with Gasteiger partial charge in [-0.1, -0.05) is 0 Å². The lowest BCUT2D eigenvalue weighted by Gasteiger charge is -2.40. The first kappa shape index (κ1) is 12.6. The minimum atomic E-state index is -1.11. The molecule has 2 aliphatic rings. The van der Waals surface area contributed by atoms with Crippen LogP contribution >= 0.6 is 0 Å². The van der Waals surface area contributed by atoms with E-state index in [1.165, 1.54) is 4.90 Å². The van der Waals surface area contributed by atoms with Gasteiger partial charge in [-0.15, -0.1) is 0 Å². The molecule has 2 rings (SSSR count). The molecule has 1 unspecified atom stereocenters. The van der Waals surface area contributed by atoms with Crippen LogP contribution in [0.4, 0.5) is 4.79 Å². The van der Waals surface area contributed by atoms with Gasteiger partial charge in [0.2, 0.25) is 0 Å². The summed E-state index contributed by atoms with van der Waals surface area (Å²) in [6, 6.07) is 1.51. The maximum Gasteiger partial charge on any atom is 0.329 e. The zero-order valence-electron chi connectivity index (χ0n) is 9.89. The number of carboxylic acids is 1. The molecule has 0 aromatic carbocycles. The average Bonchev–Trinajstić information content (AvgIpc) is 2.33. The topological polar surface area (TPSA) is 103 Å². The minimum absolute atomic E-state index is 0.179. The minimum Gasteiger partial charge on any atom is -0.480 e. The summed E-state index contributed by atoms with van der Waals surface area (Å²) in [5, 5.41) is 20.4. The van der Waals surface area contributed by atoms with E-state index in [9.17, 15) is 9.59 Å². The van der Waals surface area contributed by atoms with Gasteiger partial charge in [0, 0.05) is 6.54 Å². The number of hydrogen-bond acceptors (Lipinski definition) is 4. The largest absolute Gasteiger partial charge is 0.480 e. The Hall–Kier alpha value is -1.81. The molecule has 1 aliphatic heterocycles. The highest BCUT2D eigenvalue weighted by molar-refractivity contribution is 5.87. The Morgan fingerprint density at radius 3 is 2.72 bits per heavy atom. The molecule has 1 saturated heterocycles. The van der Waals surface area contributed by atoms with Crippen molar-refractivity contribution in [2.75, 3.05) is 19.7 Å². The van der Waals surface area contributed by atoms with E-state index in [-0.39, 0.29) is 6.54 Å². The Morgan fingerprint density at radius 2 is 2.22 bits per heavy atom. The molecule has 18 heavy (non-hydrogen) atoms. The van der Waals surface area contributed by atoms with Gasteiger partial charge in [0.25, 0.3) is 0 Å². The van der Waals surface area contributed by atoms with E-state index in [2.05, 4.69) is 5.32 Å². The molecule has 0 bridgehead atoms. The fourth-order valence-corrected chi connectivity index (χ4v) is 2.12. The molecule has 1 saturated carbocycles. The fourth-order valence-electron chi connectivity index (χ4n) is 2.12. The zero-order chi connectivity index (χ0) is 13.2. The van der Waals surface area contributed by atoms with Gasteiger partial charge in [-0.2, -0.15) is 5.26 Å². The molecule has 2 N–H and O–H groups in total. The number of morpholine rings is 1. The highest BCUT2D eigenvalue weighted by atomic mass is 16.5. The van der Waals surface area contributed by atoms with Gasteiger partial charge >= 0.3 is 12.0 Å². The van der Waals surface area contributed by atoms with Crippen molar-refractivity contribution in [1.29, 1.82) is 5.26 Å². The van der Waals surface area contributed by atoms with Crippen molar-refractivity contribution < 1.29 is 19.4 Å². The summed E-state index contributed by atoms with van der Waals surface area (Å²) >= 11 is 0. The van der Waals surface area contributed by atoms with E-state index in [0.29, 0.717) is 26.0 Å². The molecule has 1 aliphatic carbocycles. The van der Waals surface area contributed by atoms with Crippen molar-refractivity contribution in [3.05, 3.63) is 0 Å². The number of ether oxygens (including phenoxy) is 1. The SMILES string of the molecule is N#CC1CN(C(=O)NC2(C(=O)O)CCC2)CCO1. The monoisotopic (exact) mass is 253 g/mol. The number of amides is 2. The van der Waals surface area contributed by atoms with Crippen LogP contribution in [0.1, 0.15) is 19.3 Å². The lowest BCUT2D eigenvalue weighted by Crippen LogP contribution is -2.63. The number of carboxylic acid groups (broad SMARTS) is 1. The molecule has 0 aromatic rings. The third-order valence-electron chi connectivity index (χ3n) is 3.46. The molecule has 0 aromatic heterocycles. The lowest BCUT2D eigenvalue weighted by molar-refractivity contribution is -0.148.